The number of rotatable bonds is 8. The Morgan fingerprint density at radius 1 is 0.857 bits per heavy atom. The smallest absolute Gasteiger partial charge is 0.0977 e. The van der Waals surface area contributed by atoms with Gasteiger partial charge in [-0.3, -0.25) is 4.99 Å². The van der Waals surface area contributed by atoms with Crippen molar-refractivity contribution in [2.45, 2.75) is 37.6 Å². The molecule has 0 aliphatic heterocycles. The van der Waals surface area contributed by atoms with Gasteiger partial charge in [-0.05, 0) is 49.9 Å². The van der Waals surface area contributed by atoms with E-state index in [4.69, 9.17) is 4.99 Å². The van der Waals surface area contributed by atoms with Crippen LogP contribution in [0.3, 0.4) is 0 Å². The first-order chi connectivity index (χ1) is 16.8. The highest BCUT2D eigenvalue weighted by Crippen LogP contribution is 2.37. The molecule has 180 valence electrons. The van der Waals surface area contributed by atoms with Crippen LogP contribution >= 0.6 is 27.3 Å². The lowest BCUT2D eigenvalue weighted by molar-refractivity contribution is 0.530. The van der Waals surface area contributed by atoms with Crippen molar-refractivity contribution in [1.82, 2.24) is 4.72 Å². The molecule has 0 aliphatic rings. The second-order valence-corrected chi connectivity index (χ2v) is 13.1. The molecular weight excluding hydrogens is 536 g/mol. The van der Waals surface area contributed by atoms with E-state index in [0.717, 1.165) is 31.8 Å². The van der Waals surface area contributed by atoms with Crippen LogP contribution in [0.15, 0.2) is 112 Å². The van der Waals surface area contributed by atoms with Crippen molar-refractivity contribution in [2.75, 3.05) is 0 Å². The third-order valence-electron chi connectivity index (χ3n) is 5.53. The van der Waals surface area contributed by atoms with Gasteiger partial charge in [-0.2, -0.15) is 0 Å². The maximum Gasteiger partial charge on any atom is 0.0977 e. The van der Waals surface area contributed by atoms with Gasteiger partial charge in [-0.15, -0.1) is 11.3 Å². The van der Waals surface area contributed by atoms with Gasteiger partial charge in [0.25, 0.3) is 0 Å². The van der Waals surface area contributed by atoms with Gasteiger partial charge in [-0.1, -0.05) is 94.8 Å². The molecule has 4 rings (SSSR count). The Morgan fingerprint density at radius 2 is 1.43 bits per heavy atom. The highest BCUT2D eigenvalue weighted by atomic mass is 79.9. The minimum absolute atomic E-state index is 0.265. The normalized spacial score (nSPS) is 14.2. The van der Waals surface area contributed by atoms with E-state index >= 15 is 0 Å². The molecule has 0 radical (unpaired) electrons. The molecule has 0 saturated carbocycles. The van der Waals surface area contributed by atoms with Crippen molar-refractivity contribution < 1.29 is 4.21 Å². The van der Waals surface area contributed by atoms with Crippen molar-refractivity contribution in [2.24, 2.45) is 4.99 Å². The number of hydrogen-bond donors (Lipinski definition) is 1. The van der Waals surface area contributed by atoms with Gasteiger partial charge < -0.3 is 0 Å². The van der Waals surface area contributed by atoms with Crippen molar-refractivity contribution in [3.8, 4) is 0 Å². The van der Waals surface area contributed by atoms with Gasteiger partial charge in [0.2, 0.25) is 0 Å². The number of aliphatic imine (C=N–C) groups is 1. The summed E-state index contributed by atoms with van der Waals surface area (Å²) in [6.45, 7) is 5.95. The predicted molar refractivity (Wildman–Crippen MR) is 153 cm³/mol. The molecule has 1 heterocycles. The zero-order valence-electron chi connectivity index (χ0n) is 20.0. The third-order valence-corrected chi connectivity index (χ3v) is 8.59. The topological polar surface area (TPSA) is 41.5 Å². The Hall–Kier alpha value is -2.38. The van der Waals surface area contributed by atoms with Crippen molar-refractivity contribution >= 4 is 44.0 Å². The molecule has 35 heavy (non-hydrogen) atoms. The van der Waals surface area contributed by atoms with Crippen LogP contribution < -0.4 is 4.72 Å². The zero-order valence-corrected chi connectivity index (χ0v) is 23.2. The number of halogens is 1. The lowest BCUT2D eigenvalue weighted by atomic mass is 9.96. The summed E-state index contributed by atoms with van der Waals surface area (Å²) in [5.41, 5.74) is 4.05. The fourth-order valence-corrected chi connectivity index (χ4v) is 5.67. The fourth-order valence-electron chi connectivity index (χ4n) is 3.69. The molecule has 1 aromatic heterocycles. The molecule has 0 amide bonds. The molecule has 3 atom stereocenters. The number of nitrogens with one attached hydrogen (secondary N) is 1. The molecule has 0 fully saturated rings. The molecule has 3 nitrogen and oxygen atoms in total. The van der Waals surface area contributed by atoms with Gasteiger partial charge in [0.1, 0.15) is 0 Å². The first-order valence-electron chi connectivity index (χ1n) is 11.5. The van der Waals surface area contributed by atoms with Crippen LogP contribution in [0.5, 0.6) is 0 Å². The van der Waals surface area contributed by atoms with Gasteiger partial charge in [-0.25, -0.2) is 8.93 Å². The van der Waals surface area contributed by atoms with E-state index in [1.165, 1.54) is 0 Å². The molecular formula is C29H29BrN2OS2. The highest BCUT2D eigenvalue weighted by Gasteiger charge is 2.31. The summed E-state index contributed by atoms with van der Waals surface area (Å²) in [7, 11) is -1.28. The van der Waals surface area contributed by atoms with Crippen LogP contribution in [0.25, 0.3) is 0 Å². The Kier molecular flexibility index (Phi) is 8.50. The molecule has 0 saturated heterocycles. The fraction of sp³-hybridized carbons (Fsp3) is 0.207. The lowest BCUT2D eigenvalue weighted by Crippen LogP contribution is -2.37. The predicted octanol–water partition coefficient (Wildman–Crippen LogP) is 7.88. The Balaban J connectivity index is 1.92. The Bertz CT molecular complexity index is 1220. The van der Waals surface area contributed by atoms with Crippen LogP contribution in [0, 0.1) is 0 Å². The average Bonchev–Trinajstić information content (AvgIpc) is 3.39. The summed E-state index contributed by atoms with van der Waals surface area (Å²) in [6, 6.07) is 32.3. The van der Waals surface area contributed by atoms with E-state index in [1.54, 1.807) is 11.3 Å². The summed E-state index contributed by atoms with van der Waals surface area (Å²) in [4.78, 5) is 6.52. The lowest BCUT2D eigenvalue weighted by Gasteiger charge is -2.29. The zero-order chi connectivity index (χ0) is 24.8. The van der Waals surface area contributed by atoms with E-state index < -0.39 is 15.7 Å². The quantitative estimate of drug-likeness (QED) is 0.217. The monoisotopic (exact) mass is 564 g/mol. The van der Waals surface area contributed by atoms with E-state index in [9.17, 15) is 4.21 Å². The maximum atomic E-state index is 13.3. The van der Waals surface area contributed by atoms with Gasteiger partial charge >= 0.3 is 0 Å². The Morgan fingerprint density at radius 3 is 1.91 bits per heavy atom. The second kappa shape index (κ2) is 11.6. The molecule has 4 aromatic rings. The van der Waals surface area contributed by atoms with Crippen LogP contribution in [0.1, 0.15) is 54.4 Å². The van der Waals surface area contributed by atoms with Crippen molar-refractivity contribution in [3.63, 3.8) is 0 Å². The number of nitrogens with zero attached hydrogens (tertiary/aromatic N) is 1. The molecule has 0 bridgehead atoms. The van der Waals surface area contributed by atoms with E-state index in [1.807, 2.05) is 75.4 Å². The highest BCUT2D eigenvalue weighted by molar-refractivity contribution is 9.10. The Labute approximate surface area is 223 Å². The van der Waals surface area contributed by atoms with Gasteiger partial charge in [0.15, 0.2) is 0 Å². The van der Waals surface area contributed by atoms with E-state index in [-0.39, 0.29) is 12.1 Å². The summed E-state index contributed by atoms with van der Waals surface area (Å²) in [5.74, 6) is 0. The third kappa shape index (κ3) is 6.64. The minimum Gasteiger partial charge on any atom is -0.274 e. The summed E-state index contributed by atoms with van der Waals surface area (Å²) < 4.78 is 17.4. The molecule has 1 N–H and O–H groups in total. The van der Waals surface area contributed by atoms with Crippen molar-refractivity contribution in [1.29, 1.82) is 0 Å². The van der Waals surface area contributed by atoms with Crippen LogP contribution in [0.4, 0.5) is 0 Å². The molecule has 0 spiro atoms. The first kappa shape index (κ1) is 25.7. The van der Waals surface area contributed by atoms with Crippen molar-refractivity contribution in [3.05, 3.63) is 128 Å². The average molecular weight is 566 g/mol. The summed E-state index contributed by atoms with van der Waals surface area (Å²) >= 11 is 5.22. The number of benzene rings is 3. The van der Waals surface area contributed by atoms with E-state index in [0.29, 0.717) is 0 Å². The molecule has 0 unspecified atom stereocenters. The SMILES string of the molecule is CC(C)(C)[S@@](=O)N[C@H](c1cccs1)[C@@H](N=C(c1ccccc1)c1ccccc1)c1ccc(Br)cc1. The number of thiophene rings is 1. The number of hydrogen-bond acceptors (Lipinski definition) is 3. The second-order valence-electron chi connectivity index (χ2n) is 9.20. The van der Waals surface area contributed by atoms with E-state index in [2.05, 4.69) is 68.5 Å². The molecule has 6 heteroatoms. The summed E-state index contributed by atoms with van der Waals surface area (Å²) in [5, 5.41) is 2.06. The molecule has 3 aromatic carbocycles. The van der Waals surface area contributed by atoms with Crippen LogP contribution in [-0.4, -0.2) is 14.7 Å². The van der Waals surface area contributed by atoms with Gasteiger partial charge in [0, 0.05) is 20.5 Å². The van der Waals surface area contributed by atoms with Crippen LogP contribution in [0.2, 0.25) is 0 Å². The van der Waals surface area contributed by atoms with Crippen LogP contribution in [-0.2, 0) is 11.0 Å². The first-order valence-corrected chi connectivity index (χ1v) is 14.3. The largest absolute Gasteiger partial charge is 0.274 e. The standard InChI is InChI=1S/C29H29BrN2OS2/c1-29(2,3)35(33)32-28(25-15-10-20-34-25)27(23-16-18-24(30)19-17-23)31-26(21-11-6-4-7-12-21)22-13-8-5-9-14-22/h4-20,27-28,32H,1-3H3/t27-,28+,35+/m0/s1. The minimum atomic E-state index is -1.28. The summed E-state index contributed by atoms with van der Waals surface area (Å²) in [6.07, 6.45) is 0. The van der Waals surface area contributed by atoms with Gasteiger partial charge in [0.05, 0.1) is 33.5 Å². The molecule has 0 aliphatic carbocycles. The maximum absolute atomic E-state index is 13.3.